The summed E-state index contributed by atoms with van der Waals surface area (Å²) in [5, 5.41) is 6.17. The molecule has 1 heterocycles. The van der Waals surface area contributed by atoms with E-state index in [9.17, 15) is 13.2 Å². The second kappa shape index (κ2) is 8.14. The second-order valence-electron chi connectivity index (χ2n) is 6.85. The van der Waals surface area contributed by atoms with E-state index in [4.69, 9.17) is 0 Å². The fourth-order valence-corrected chi connectivity index (χ4v) is 3.75. The fraction of sp³-hybridized carbons (Fsp3) is 0.333. The van der Waals surface area contributed by atoms with Crippen LogP contribution in [0.2, 0.25) is 0 Å². The molecule has 6 nitrogen and oxygen atoms in total. The first-order valence-electron chi connectivity index (χ1n) is 9.40. The number of hydrazone groups is 1. The molecule has 28 heavy (non-hydrogen) atoms. The maximum atomic E-state index is 12.4. The summed E-state index contributed by atoms with van der Waals surface area (Å²) in [6.07, 6.45) is 1.01. The van der Waals surface area contributed by atoms with Crippen molar-refractivity contribution < 1.29 is 13.2 Å². The highest BCUT2D eigenvalue weighted by atomic mass is 32.2. The molecule has 0 aromatic heterocycles. The second-order valence-corrected chi connectivity index (χ2v) is 8.86. The van der Waals surface area contributed by atoms with Gasteiger partial charge in [-0.1, -0.05) is 48.9 Å². The molecule has 0 bridgehead atoms. The highest BCUT2D eigenvalue weighted by molar-refractivity contribution is 7.92. The van der Waals surface area contributed by atoms with Gasteiger partial charge in [-0.3, -0.25) is 9.52 Å². The number of benzene rings is 2. The molecule has 7 heteroatoms. The van der Waals surface area contributed by atoms with Crippen LogP contribution in [0.3, 0.4) is 0 Å². The van der Waals surface area contributed by atoms with Crippen LogP contribution in [0.4, 0.5) is 5.69 Å². The van der Waals surface area contributed by atoms with Gasteiger partial charge in [0.1, 0.15) is 0 Å². The first-order chi connectivity index (χ1) is 13.3. The lowest BCUT2D eigenvalue weighted by Crippen LogP contribution is -2.26. The van der Waals surface area contributed by atoms with Gasteiger partial charge >= 0.3 is 0 Å². The quantitative estimate of drug-likeness (QED) is 0.801. The topological polar surface area (TPSA) is 78.8 Å². The van der Waals surface area contributed by atoms with Crippen LogP contribution in [0.1, 0.15) is 49.4 Å². The van der Waals surface area contributed by atoms with Crippen molar-refractivity contribution in [1.29, 1.82) is 0 Å². The van der Waals surface area contributed by atoms with E-state index in [1.165, 1.54) is 5.56 Å². The molecule has 0 fully saturated rings. The Labute approximate surface area is 166 Å². The summed E-state index contributed by atoms with van der Waals surface area (Å²) in [4.78, 5) is 12.4. The number of hydrogen-bond acceptors (Lipinski definition) is 4. The molecule has 0 saturated carbocycles. The van der Waals surface area contributed by atoms with Gasteiger partial charge in [0.05, 0.1) is 17.5 Å². The number of carbonyl (C=O) groups is 1. The van der Waals surface area contributed by atoms with Crippen molar-refractivity contribution in [1.82, 2.24) is 5.01 Å². The molecule has 1 aliphatic rings. The summed E-state index contributed by atoms with van der Waals surface area (Å²) in [6, 6.07) is 15.1. The van der Waals surface area contributed by atoms with E-state index in [1.807, 2.05) is 50.2 Å². The number of anilines is 1. The van der Waals surface area contributed by atoms with E-state index >= 15 is 0 Å². The Kier molecular flexibility index (Phi) is 5.84. The van der Waals surface area contributed by atoms with Gasteiger partial charge in [-0.05, 0) is 37.1 Å². The predicted molar refractivity (Wildman–Crippen MR) is 112 cm³/mol. The lowest BCUT2D eigenvalue weighted by atomic mass is 9.97. The molecular weight excluding hydrogens is 374 g/mol. The molecule has 1 aliphatic heterocycles. The van der Waals surface area contributed by atoms with Crippen LogP contribution in [0, 0.1) is 6.92 Å². The lowest BCUT2D eigenvalue weighted by molar-refractivity contribution is -0.132. The molecule has 3 rings (SSSR count). The SMILES string of the molecule is CCC(=O)N1N=C(c2ccc(NS(=O)(=O)CC)cc2)C[C@@H]1c1ccc(C)cc1. The van der Waals surface area contributed by atoms with Gasteiger partial charge < -0.3 is 0 Å². The van der Waals surface area contributed by atoms with Gasteiger partial charge in [0.15, 0.2) is 0 Å². The maximum Gasteiger partial charge on any atom is 0.242 e. The zero-order chi connectivity index (χ0) is 20.3. The van der Waals surface area contributed by atoms with Crippen LogP contribution >= 0.6 is 0 Å². The van der Waals surface area contributed by atoms with Crippen molar-refractivity contribution in [3.8, 4) is 0 Å². The normalized spacial score (nSPS) is 16.8. The summed E-state index contributed by atoms with van der Waals surface area (Å²) in [6.45, 7) is 5.45. The van der Waals surface area contributed by atoms with Crippen molar-refractivity contribution in [2.75, 3.05) is 10.5 Å². The Morgan fingerprint density at radius 1 is 1.11 bits per heavy atom. The zero-order valence-corrected chi connectivity index (χ0v) is 17.2. The number of aryl methyl sites for hydroxylation is 1. The third kappa shape index (κ3) is 4.42. The van der Waals surface area contributed by atoms with Gasteiger partial charge in [0, 0.05) is 18.5 Å². The first kappa shape index (κ1) is 20.1. The molecule has 148 valence electrons. The number of amides is 1. The van der Waals surface area contributed by atoms with Gasteiger partial charge in [-0.2, -0.15) is 5.10 Å². The fourth-order valence-electron chi connectivity index (χ4n) is 3.11. The van der Waals surface area contributed by atoms with Gasteiger partial charge in [-0.15, -0.1) is 0 Å². The van der Waals surface area contributed by atoms with Crippen LogP contribution in [0.5, 0.6) is 0 Å². The molecular formula is C21H25N3O3S. The van der Waals surface area contributed by atoms with E-state index in [1.54, 1.807) is 24.1 Å². The number of nitrogens with zero attached hydrogens (tertiary/aromatic N) is 2. The molecule has 2 aromatic carbocycles. The summed E-state index contributed by atoms with van der Waals surface area (Å²) in [5.74, 6) is 0.00114. The van der Waals surface area contributed by atoms with Crippen LogP contribution < -0.4 is 4.72 Å². The molecule has 0 saturated heterocycles. The highest BCUT2D eigenvalue weighted by Crippen LogP contribution is 2.33. The van der Waals surface area contributed by atoms with E-state index in [-0.39, 0.29) is 17.7 Å². The number of rotatable bonds is 6. The van der Waals surface area contributed by atoms with Gasteiger partial charge in [0.25, 0.3) is 0 Å². The molecule has 1 atom stereocenters. The van der Waals surface area contributed by atoms with Crippen molar-refractivity contribution in [3.63, 3.8) is 0 Å². The van der Waals surface area contributed by atoms with Crippen LogP contribution in [-0.2, 0) is 14.8 Å². The van der Waals surface area contributed by atoms with Gasteiger partial charge in [0.2, 0.25) is 15.9 Å². The smallest absolute Gasteiger partial charge is 0.242 e. The van der Waals surface area contributed by atoms with E-state index in [0.717, 1.165) is 16.8 Å². The maximum absolute atomic E-state index is 12.4. The minimum absolute atomic E-state index is 0.0205. The summed E-state index contributed by atoms with van der Waals surface area (Å²) < 4.78 is 25.9. The Morgan fingerprint density at radius 2 is 1.75 bits per heavy atom. The van der Waals surface area contributed by atoms with Crippen molar-refractivity contribution in [3.05, 3.63) is 65.2 Å². The average Bonchev–Trinajstić information content (AvgIpc) is 3.13. The Morgan fingerprint density at radius 3 is 2.32 bits per heavy atom. The molecule has 2 aromatic rings. The van der Waals surface area contributed by atoms with Crippen LogP contribution in [0.15, 0.2) is 53.6 Å². The first-order valence-corrected chi connectivity index (χ1v) is 11.0. The molecule has 0 aliphatic carbocycles. The van der Waals surface area contributed by atoms with Crippen LogP contribution in [0.25, 0.3) is 0 Å². The average molecular weight is 400 g/mol. The van der Waals surface area contributed by atoms with E-state index in [2.05, 4.69) is 9.82 Å². The molecule has 0 spiro atoms. The summed E-state index contributed by atoms with van der Waals surface area (Å²) in [5.41, 5.74) is 4.43. The van der Waals surface area contributed by atoms with Crippen molar-refractivity contribution >= 4 is 27.3 Å². The summed E-state index contributed by atoms with van der Waals surface area (Å²) in [7, 11) is -3.31. The zero-order valence-electron chi connectivity index (χ0n) is 16.3. The van der Waals surface area contributed by atoms with E-state index in [0.29, 0.717) is 18.5 Å². The van der Waals surface area contributed by atoms with Crippen molar-refractivity contribution in [2.24, 2.45) is 5.10 Å². The van der Waals surface area contributed by atoms with Crippen molar-refractivity contribution in [2.45, 2.75) is 39.7 Å². The number of carbonyl (C=O) groups excluding carboxylic acids is 1. The third-order valence-corrected chi connectivity index (χ3v) is 6.11. The number of nitrogens with one attached hydrogen (secondary N) is 1. The molecule has 1 amide bonds. The minimum Gasteiger partial charge on any atom is -0.284 e. The highest BCUT2D eigenvalue weighted by Gasteiger charge is 2.32. The number of hydrogen-bond donors (Lipinski definition) is 1. The Bertz CT molecular complexity index is 981. The molecule has 1 N–H and O–H groups in total. The minimum atomic E-state index is -3.31. The van der Waals surface area contributed by atoms with E-state index < -0.39 is 10.0 Å². The predicted octanol–water partition coefficient (Wildman–Crippen LogP) is 3.84. The largest absolute Gasteiger partial charge is 0.284 e. The number of sulfonamides is 1. The summed E-state index contributed by atoms with van der Waals surface area (Å²) >= 11 is 0. The van der Waals surface area contributed by atoms with Crippen LogP contribution in [-0.4, -0.2) is 30.8 Å². The van der Waals surface area contributed by atoms with Gasteiger partial charge in [-0.25, -0.2) is 13.4 Å². The lowest BCUT2D eigenvalue weighted by Gasteiger charge is -2.21. The Hall–Kier alpha value is -2.67. The third-order valence-electron chi connectivity index (χ3n) is 4.80. The molecule has 0 radical (unpaired) electrons. The molecule has 0 unspecified atom stereocenters. The standard InChI is InChI=1S/C21H25N3O3S/c1-4-21(25)24-20(17-8-6-15(3)7-9-17)14-19(22-24)16-10-12-18(13-11-16)23-28(26,27)5-2/h6-13,20,23H,4-5,14H2,1-3H3/t20-/m1/s1. The monoisotopic (exact) mass is 399 g/mol. The Balaban J connectivity index is 1.85.